The van der Waals surface area contributed by atoms with Crippen molar-refractivity contribution in [3.8, 4) is 17.2 Å². The zero-order valence-electron chi connectivity index (χ0n) is 18.7. The van der Waals surface area contributed by atoms with Gasteiger partial charge in [-0.15, -0.1) is 10.2 Å². The maximum Gasteiger partial charge on any atom is 0.233 e. The van der Waals surface area contributed by atoms with E-state index in [2.05, 4.69) is 15.5 Å². The number of aromatic nitrogens is 3. The molecule has 1 heterocycles. The summed E-state index contributed by atoms with van der Waals surface area (Å²) in [4.78, 5) is 12.7. The van der Waals surface area contributed by atoms with E-state index in [1.165, 1.54) is 17.8 Å². The first-order chi connectivity index (χ1) is 16.0. The van der Waals surface area contributed by atoms with Crippen molar-refractivity contribution in [2.75, 3.05) is 7.11 Å². The molecule has 3 aromatic rings. The Kier molecular flexibility index (Phi) is 7.49. The third-order valence-corrected chi connectivity index (χ3v) is 6.62. The summed E-state index contributed by atoms with van der Waals surface area (Å²) >= 11 is 1.25. The molecule has 1 aromatic heterocycles. The Bertz CT molecular complexity index is 1080. The second-order valence-corrected chi connectivity index (χ2v) is 9.21. The standard InChI is InChI=1S/C24H27FN4O3S/c1-16(23(30)26-17-7-3-4-8-17)33-24-28-27-22(29(24)21-10-6-5-9-20(21)25)15-32-19-13-11-18(31-2)12-14-19/h5-6,9-14,16-17H,3-4,7-8,15H2,1-2H3,(H,26,30). The maximum absolute atomic E-state index is 14.7. The number of hydrogen-bond acceptors (Lipinski definition) is 6. The van der Waals surface area contributed by atoms with Crippen LogP contribution in [0.5, 0.6) is 11.5 Å². The fraction of sp³-hybridized carbons (Fsp3) is 0.375. The van der Waals surface area contributed by atoms with Crippen LogP contribution in [0.25, 0.3) is 5.69 Å². The third kappa shape index (κ3) is 5.65. The zero-order chi connectivity index (χ0) is 23.2. The van der Waals surface area contributed by atoms with Crippen molar-refractivity contribution < 1.29 is 18.7 Å². The lowest BCUT2D eigenvalue weighted by molar-refractivity contribution is -0.120. The summed E-state index contributed by atoms with van der Waals surface area (Å²) in [6.07, 6.45) is 4.32. The summed E-state index contributed by atoms with van der Waals surface area (Å²) in [6.45, 7) is 1.90. The molecule has 0 spiro atoms. The summed E-state index contributed by atoms with van der Waals surface area (Å²) in [5.74, 6) is 1.32. The average molecular weight is 471 g/mol. The number of benzene rings is 2. The number of carbonyl (C=O) groups excluding carboxylic acids is 1. The summed E-state index contributed by atoms with van der Waals surface area (Å²) in [7, 11) is 1.60. The molecule has 4 rings (SSSR count). The molecule has 174 valence electrons. The number of ether oxygens (including phenoxy) is 2. The molecule has 0 saturated heterocycles. The molecule has 0 radical (unpaired) electrons. The first-order valence-electron chi connectivity index (χ1n) is 11.0. The first kappa shape index (κ1) is 23.1. The first-order valence-corrected chi connectivity index (χ1v) is 11.9. The topological polar surface area (TPSA) is 78.3 Å². The highest BCUT2D eigenvalue weighted by Gasteiger charge is 2.25. The number of carbonyl (C=O) groups is 1. The number of halogens is 1. The lowest BCUT2D eigenvalue weighted by Gasteiger charge is -2.17. The number of thioether (sulfide) groups is 1. The van der Waals surface area contributed by atoms with Gasteiger partial charge in [-0.3, -0.25) is 9.36 Å². The fourth-order valence-corrected chi connectivity index (χ4v) is 4.65. The lowest BCUT2D eigenvalue weighted by Crippen LogP contribution is -2.37. The number of nitrogens with zero attached hydrogens (tertiary/aromatic N) is 3. The van der Waals surface area contributed by atoms with Crippen LogP contribution >= 0.6 is 11.8 Å². The molecule has 0 bridgehead atoms. The molecule has 1 amide bonds. The Morgan fingerprint density at radius 2 is 1.85 bits per heavy atom. The highest BCUT2D eigenvalue weighted by Crippen LogP contribution is 2.28. The van der Waals surface area contributed by atoms with Crippen molar-refractivity contribution in [1.82, 2.24) is 20.1 Å². The second kappa shape index (κ2) is 10.7. The van der Waals surface area contributed by atoms with Crippen LogP contribution in [0.1, 0.15) is 38.4 Å². The number of methoxy groups -OCH3 is 1. The number of para-hydroxylation sites is 1. The largest absolute Gasteiger partial charge is 0.497 e. The van der Waals surface area contributed by atoms with E-state index >= 15 is 0 Å². The van der Waals surface area contributed by atoms with Gasteiger partial charge in [0.05, 0.1) is 18.0 Å². The molecule has 0 aliphatic heterocycles. The van der Waals surface area contributed by atoms with E-state index < -0.39 is 11.1 Å². The van der Waals surface area contributed by atoms with Crippen LogP contribution in [0.15, 0.2) is 53.7 Å². The summed E-state index contributed by atoms with van der Waals surface area (Å²) in [6, 6.07) is 13.8. The molecular weight excluding hydrogens is 443 g/mol. The molecule has 1 unspecified atom stereocenters. The van der Waals surface area contributed by atoms with E-state index in [9.17, 15) is 9.18 Å². The molecule has 7 nitrogen and oxygen atoms in total. The van der Waals surface area contributed by atoms with Crippen molar-refractivity contribution in [1.29, 1.82) is 0 Å². The predicted octanol–water partition coefficient (Wildman–Crippen LogP) is 4.53. The van der Waals surface area contributed by atoms with Crippen molar-refractivity contribution >= 4 is 17.7 Å². The minimum atomic E-state index is -0.409. The summed E-state index contributed by atoms with van der Waals surface area (Å²) in [5, 5.41) is 11.6. The smallest absolute Gasteiger partial charge is 0.233 e. The van der Waals surface area contributed by atoms with Crippen molar-refractivity contribution in [2.45, 2.75) is 55.7 Å². The molecule has 1 atom stereocenters. The zero-order valence-corrected chi connectivity index (χ0v) is 19.5. The molecule has 1 saturated carbocycles. The van der Waals surface area contributed by atoms with Crippen LogP contribution in [0.2, 0.25) is 0 Å². The highest BCUT2D eigenvalue weighted by molar-refractivity contribution is 8.00. The third-order valence-electron chi connectivity index (χ3n) is 5.57. The molecule has 1 aliphatic carbocycles. The molecule has 2 aromatic carbocycles. The Hall–Kier alpha value is -3.07. The SMILES string of the molecule is COc1ccc(OCc2nnc(SC(C)C(=O)NC3CCCC3)n2-c2ccccc2F)cc1. The number of rotatable bonds is 9. The number of amides is 1. The van der Waals surface area contributed by atoms with E-state index in [-0.39, 0.29) is 18.6 Å². The van der Waals surface area contributed by atoms with E-state index in [1.54, 1.807) is 54.1 Å². The minimum Gasteiger partial charge on any atom is -0.497 e. The Balaban J connectivity index is 1.54. The van der Waals surface area contributed by atoms with Crippen LogP contribution in [0.4, 0.5) is 4.39 Å². The minimum absolute atomic E-state index is 0.0500. The van der Waals surface area contributed by atoms with Gasteiger partial charge in [0.15, 0.2) is 11.0 Å². The van der Waals surface area contributed by atoms with Crippen LogP contribution in [-0.4, -0.2) is 39.1 Å². The Morgan fingerprint density at radius 1 is 1.15 bits per heavy atom. The van der Waals surface area contributed by atoms with Crippen molar-refractivity contribution in [3.63, 3.8) is 0 Å². The van der Waals surface area contributed by atoms with Gasteiger partial charge in [0, 0.05) is 6.04 Å². The molecule has 1 fully saturated rings. The van der Waals surface area contributed by atoms with Gasteiger partial charge in [-0.2, -0.15) is 0 Å². The normalized spacial score (nSPS) is 14.8. The van der Waals surface area contributed by atoms with Gasteiger partial charge < -0.3 is 14.8 Å². The molecular formula is C24H27FN4O3S. The molecule has 9 heteroatoms. The number of hydrogen-bond donors (Lipinski definition) is 1. The van der Waals surface area contributed by atoms with Crippen molar-refractivity contribution in [3.05, 3.63) is 60.2 Å². The second-order valence-electron chi connectivity index (χ2n) is 7.90. The monoisotopic (exact) mass is 470 g/mol. The van der Waals surface area contributed by atoms with Gasteiger partial charge in [-0.25, -0.2) is 4.39 Å². The highest BCUT2D eigenvalue weighted by atomic mass is 32.2. The van der Waals surface area contributed by atoms with E-state index in [0.29, 0.717) is 22.4 Å². The van der Waals surface area contributed by atoms with Gasteiger partial charge in [0.1, 0.15) is 23.9 Å². The number of nitrogens with one attached hydrogen (secondary N) is 1. The molecule has 1 aliphatic rings. The van der Waals surface area contributed by atoms with Gasteiger partial charge >= 0.3 is 0 Å². The summed E-state index contributed by atoms with van der Waals surface area (Å²) < 4.78 is 27.3. The van der Waals surface area contributed by atoms with Crippen LogP contribution in [-0.2, 0) is 11.4 Å². The fourth-order valence-electron chi connectivity index (χ4n) is 3.77. The van der Waals surface area contributed by atoms with E-state index in [0.717, 1.165) is 31.4 Å². The van der Waals surface area contributed by atoms with Gasteiger partial charge in [-0.1, -0.05) is 36.7 Å². The Morgan fingerprint density at radius 3 is 2.55 bits per heavy atom. The molecule has 1 N–H and O–H groups in total. The predicted molar refractivity (Wildman–Crippen MR) is 124 cm³/mol. The van der Waals surface area contributed by atoms with Crippen LogP contribution in [0.3, 0.4) is 0 Å². The van der Waals surface area contributed by atoms with Crippen LogP contribution in [0, 0.1) is 5.82 Å². The molecule has 33 heavy (non-hydrogen) atoms. The van der Waals surface area contributed by atoms with Crippen molar-refractivity contribution in [2.24, 2.45) is 0 Å². The lowest BCUT2D eigenvalue weighted by atomic mass is 10.2. The van der Waals surface area contributed by atoms with E-state index in [4.69, 9.17) is 9.47 Å². The van der Waals surface area contributed by atoms with E-state index in [1.807, 2.05) is 6.92 Å². The quantitative estimate of drug-likeness (QED) is 0.463. The van der Waals surface area contributed by atoms with Gasteiger partial charge in [0.2, 0.25) is 5.91 Å². The van der Waals surface area contributed by atoms with Crippen LogP contribution < -0.4 is 14.8 Å². The average Bonchev–Trinajstić information content (AvgIpc) is 3.48. The Labute approximate surface area is 196 Å². The summed E-state index contributed by atoms with van der Waals surface area (Å²) in [5.41, 5.74) is 0.307. The van der Waals surface area contributed by atoms with Gasteiger partial charge in [0.25, 0.3) is 0 Å². The van der Waals surface area contributed by atoms with Gasteiger partial charge in [-0.05, 0) is 56.2 Å². The maximum atomic E-state index is 14.7.